The van der Waals surface area contributed by atoms with Crippen LogP contribution in [0.3, 0.4) is 0 Å². The van der Waals surface area contributed by atoms with Gasteiger partial charge in [0, 0.05) is 45.7 Å². The van der Waals surface area contributed by atoms with Crippen molar-refractivity contribution in [1.82, 2.24) is 9.80 Å². The number of piperazine rings is 1. The summed E-state index contributed by atoms with van der Waals surface area (Å²) in [7, 11) is 0. The fraction of sp³-hybridized carbons (Fsp3) is 0.500. The minimum atomic E-state index is 0.163. The molecule has 1 heterocycles. The Labute approximate surface area is 125 Å². The highest BCUT2D eigenvalue weighted by Crippen LogP contribution is 2.11. The maximum atomic E-state index is 12.4. The Balaban J connectivity index is 1.86. The molecule has 0 radical (unpaired) electrons. The van der Waals surface area contributed by atoms with Gasteiger partial charge in [0.2, 0.25) is 5.91 Å². The first-order valence-corrected chi connectivity index (χ1v) is 7.38. The smallest absolute Gasteiger partial charge is 0.227 e. The quantitative estimate of drug-likeness (QED) is 0.866. The standard InChI is InChI=1S/C16H22N4O/c17-6-3-7-19-8-10-20(11-9-19)16(21)12-14-4-1-2-5-15(14)13-18/h1-2,4-5H,3,7-13,18H2. The van der Waals surface area contributed by atoms with E-state index in [1.807, 2.05) is 29.2 Å². The van der Waals surface area contributed by atoms with Gasteiger partial charge in [-0.2, -0.15) is 5.26 Å². The number of hydrogen-bond acceptors (Lipinski definition) is 4. The topological polar surface area (TPSA) is 73.4 Å². The summed E-state index contributed by atoms with van der Waals surface area (Å²) < 4.78 is 0. The second kappa shape index (κ2) is 7.77. The van der Waals surface area contributed by atoms with Gasteiger partial charge in [-0.25, -0.2) is 0 Å². The number of rotatable bonds is 5. The average Bonchev–Trinajstić information content (AvgIpc) is 2.54. The fourth-order valence-electron chi connectivity index (χ4n) is 2.63. The number of nitrogens with zero attached hydrogens (tertiary/aromatic N) is 3. The maximum Gasteiger partial charge on any atom is 0.227 e. The summed E-state index contributed by atoms with van der Waals surface area (Å²) in [5.41, 5.74) is 7.78. The number of nitriles is 1. The third-order valence-corrected chi connectivity index (χ3v) is 3.94. The molecule has 1 saturated heterocycles. The van der Waals surface area contributed by atoms with E-state index in [9.17, 15) is 4.79 Å². The molecule has 0 atom stereocenters. The van der Waals surface area contributed by atoms with Crippen molar-refractivity contribution in [2.75, 3.05) is 32.7 Å². The molecule has 1 aromatic rings. The third-order valence-electron chi connectivity index (χ3n) is 3.94. The monoisotopic (exact) mass is 286 g/mol. The van der Waals surface area contributed by atoms with Gasteiger partial charge >= 0.3 is 0 Å². The van der Waals surface area contributed by atoms with Crippen LogP contribution in [-0.4, -0.2) is 48.4 Å². The summed E-state index contributed by atoms with van der Waals surface area (Å²) in [6.07, 6.45) is 0.976. The lowest BCUT2D eigenvalue weighted by Crippen LogP contribution is -2.49. The molecule has 0 aliphatic carbocycles. The number of benzene rings is 1. The SMILES string of the molecule is N#CCCN1CCN(C(=O)Cc2ccccc2CN)CC1. The van der Waals surface area contributed by atoms with E-state index in [0.717, 1.165) is 43.9 Å². The van der Waals surface area contributed by atoms with Crippen molar-refractivity contribution < 1.29 is 4.79 Å². The van der Waals surface area contributed by atoms with Gasteiger partial charge in [0.25, 0.3) is 0 Å². The largest absolute Gasteiger partial charge is 0.340 e. The van der Waals surface area contributed by atoms with E-state index in [1.54, 1.807) is 0 Å². The zero-order chi connectivity index (χ0) is 15.1. The van der Waals surface area contributed by atoms with Crippen LogP contribution in [-0.2, 0) is 17.8 Å². The van der Waals surface area contributed by atoms with Crippen LogP contribution in [0.15, 0.2) is 24.3 Å². The van der Waals surface area contributed by atoms with Crippen molar-refractivity contribution in [2.24, 2.45) is 5.73 Å². The van der Waals surface area contributed by atoms with Crippen LogP contribution in [0.5, 0.6) is 0 Å². The van der Waals surface area contributed by atoms with Crippen molar-refractivity contribution >= 4 is 5.91 Å². The second-order valence-corrected chi connectivity index (χ2v) is 5.28. The van der Waals surface area contributed by atoms with Gasteiger partial charge in [-0.05, 0) is 11.1 Å². The normalized spacial score (nSPS) is 15.7. The van der Waals surface area contributed by atoms with Gasteiger partial charge in [0.15, 0.2) is 0 Å². The summed E-state index contributed by atoms with van der Waals surface area (Å²) in [4.78, 5) is 16.5. The van der Waals surface area contributed by atoms with Gasteiger partial charge in [0.05, 0.1) is 12.5 Å². The molecule has 0 saturated carbocycles. The van der Waals surface area contributed by atoms with E-state index in [-0.39, 0.29) is 5.91 Å². The predicted octanol–water partition coefficient (Wildman–Crippen LogP) is 0.746. The van der Waals surface area contributed by atoms with Gasteiger partial charge in [-0.3, -0.25) is 9.69 Å². The van der Waals surface area contributed by atoms with Gasteiger partial charge in [-0.1, -0.05) is 24.3 Å². The van der Waals surface area contributed by atoms with Crippen molar-refractivity contribution in [1.29, 1.82) is 5.26 Å². The van der Waals surface area contributed by atoms with E-state index in [2.05, 4.69) is 11.0 Å². The molecule has 0 spiro atoms. The molecule has 1 amide bonds. The van der Waals surface area contributed by atoms with Crippen LogP contribution < -0.4 is 5.73 Å². The Kier molecular flexibility index (Phi) is 5.73. The van der Waals surface area contributed by atoms with E-state index < -0.39 is 0 Å². The summed E-state index contributed by atoms with van der Waals surface area (Å²) in [5, 5.41) is 8.60. The molecule has 2 N–H and O–H groups in total. The van der Waals surface area contributed by atoms with Crippen molar-refractivity contribution in [2.45, 2.75) is 19.4 Å². The molecule has 0 unspecified atom stereocenters. The number of hydrogen-bond donors (Lipinski definition) is 1. The molecule has 1 fully saturated rings. The molecule has 0 bridgehead atoms. The average molecular weight is 286 g/mol. The van der Waals surface area contributed by atoms with Crippen LogP contribution >= 0.6 is 0 Å². The zero-order valence-corrected chi connectivity index (χ0v) is 12.3. The van der Waals surface area contributed by atoms with Gasteiger partial charge < -0.3 is 10.6 Å². The number of amides is 1. The molecule has 2 rings (SSSR count). The summed E-state index contributed by atoms with van der Waals surface area (Å²) in [6, 6.07) is 10.0. The summed E-state index contributed by atoms with van der Waals surface area (Å²) >= 11 is 0. The van der Waals surface area contributed by atoms with Crippen molar-refractivity contribution in [3.63, 3.8) is 0 Å². The summed E-state index contributed by atoms with van der Waals surface area (Å²) in [5.74, 6) is 0.163. The van der Waals surface area contributed by atoms with E-state index >= 15 is 0 Å². The molecule has 1 aliphatic rings. The Morgan fingerprint density at radius 2 is 1.86 bits per heavy atom. The summed E-state index contributed by atoms with van der Waals surface area (Å²) in [6.45, 7) is 4.46. The number of nitrogens with two attached hydrogens (primary N) is 1. The predicted molar refractivity (Wildman–Crippen MR) is 81.3 cm³/mol. The molecular weight excluding hydrogens is 264 g/mol. The lowest BCUT2D eigenvalue weighted by molar-refractivity contribution is -0.132. The minimum Gasteiger partial charge on any atom is -0.340 e. The Bertz CT molecular complexity index is 515. The van der Waals surface area contributed by atoms with Crippen LogP contribution in [0, 0.1) is 11.3 Å². The molecule has 1 aliphatic heterocycles. The highest BCUT2D eigenvalue weighted by Gasteiger charge is 2.21. The number of carbonyl (C=O) groups is 1. The van der Waals surface area contributed by atoms with E-state index in [0.29, 0.717) is 19.4 Å². The van der Waals surface area contributed by atoms with Gasteiger partial charge in [0.1, 0.15) is 0 Å². The molecule has 112 valence electrons. The molecule has 1 aromatic carbocycles. The Morgan fingerprint density at radius 3 is 2.48 bits per heavy atom. The van der Waals surface area contributed by atoms with Crippen molar-refractivity contribution in [3.05, 3.63) is 35.4 Å². The third kappa shape index (κ3) is 4.28. The molecule has 0 aromatic heterocycles. The lowest BCUT2D eigenvalue weighted by Gasteiger charge is -2.34. The van der Waals surface area contributed by atoms with Crippen LogP contribution in [0.25, 0.3) is 0 Å². The maximum absolute atomic E-state index is 12.4. The first-order chi connectivity index (χ1) is 10.2. The van der Waals surface area contributed by atoms with Gasteiger partial charge in [-0.15, -0.1) is 0 Å². The van der Waals surface area contributed by atoms with Crippen LogP contribution in [0.2, 0.25) is 0 Å². The van der Waals surface area contributed by atoms with Crippen LogP contribution in [0.4, 0.5) is 0 Å². The highest BCUT2D eigenvalue weighted by atomic mass is 16.2. The molecule has 21 heavy (non-hydrogen) atoms. The Morgan fingerprint density at radius 1 is 1.19 bits per heavy atom. The molecule has 5 nitrogen and oxygen atoms in total. The zero-order valence-electron chi connectivity index (χ0n) is 12.3. The van der Waals surface area contributed by atoms with E-state index in [4.69, 9.17) is 11.0 Å². The van der Waals surface area contributed by atoms with Crippen molar-refractivity contribution in [3.8, 4) is 6.07 Å². The molecule has 5 heteroatoms. The fourth-order valence-corrected chi connectivity index (χ4v) is 2.63. The first-order valence-electron chi connectivity index (χ1n) is 7.38. The van der Waals surface area contributed by atoms with E-state index in [1.165, 1.54) is 0 Å². The Hall–Kier alpha value is -1.90. The highest BCUT2D eigenvalue weighted by molar-refractivity contribution is 5.79. The first kappa shape index (κ1) is 15.5. The number of carbonyl (C=O) groups excluding carboxylic acids is 1. The second-order valence-electron chi connectivity index (χ2n) is 5.28. The lowest BCUT2D eigenvalue weighted by atomic mass is 10.0. The van der Waals surface area contributed by atoms with Crippen LogP contribution in [0.1, 0.15) is 17.5 Å². The minimum absolute atomic E-state index is 0.163. The molecular formula is C16H22N4O.